The minimum atomic E-state index is -0.583. The lowest BCUT2D eigenvalue weighted by atomic mass is 10.0. The number of hydrogen-bond acceptors (Lipinski definition) is 5. The van der Waals surface area contributed by atoms with E-state index in [1.807, 2.05) is 39.0 Å². The molecule has 0 saturated heterocycles. The highest BCUT2D eigenvalue weighted by Gasteiger charge is 2.25. The zero-order valence-corrected chi connectivity index (χ0v) is 20.5. The molecule has 1 aromatic heterocycles. The first-order chi connectivity index (χ1) is 15.2. The van der Waals surface area contributed by atoms with Gasteiger partial charge in [-0.25, -0.2) is 9.18 Å². The molecule has 0 fully saturated rings. The number of thiophene rings is 1. The van der Waals surface area contributed by atoms with E-state index < -0.39 is 11.9 Å². The van der Waals surface area contributed by atoms with Crippen LogP contribution in [-0.4, -0.2) is 25.6 Å². The van der Waals surface area contributed by atoms with Gasteiger partial charge in [-0.3, -0.25) is 4.79 Å². The fourth-order valence-corrected chi connectivity index (χ4v) is 4.76. The van der Waals surface area contributed by atoms with Crippen molar-refractivity contribution in [2.24, 2.45) is 0 Å². The van der Waals surface area contributed by atoms with E-state index in [2.05, 4.69) is 21.2 Å². The second kappa shape index (κ2) is 10.3. The van der Waals surface area contributed by atoms with Crippen molar-refractivity contribution in [2.75, 3.05) is 19.0 Å². The van der Waals surface area contributed by atoms with Crippen LogP contribution in [0.5, 0.6) is 5.75 Å². The molecule has 0 spiro atoms. The van der Waals surface area contributed by atoms with Gasteiger partial charge < -0.3 is 14.8 Å². The molecule has 0 bridgehead atoms. The van der Waals surface area contributed by atoms with Crippen LogP contribution in [0.3, 0.4) is 0 Å². The molecule has 2 aromatic carbocycles. The maximum atomic E-state index is 13.4. The molecule has 32 heavy (non-hydrogen) atoms. The summed E-state index contributed by atoms with van der Waals surface area (Å²) in [5.41, 5.74) is 2.48. The number of methoxy groups -OCH3 is 1. The predicted molar refractivity (Wildman–Crippen MR) is 128 cm³/mol. The number of esters is 1. The van der Waals surface area contributed by atoms with Gasteiger partial charge in [0.2, 0.25) is 0 Å². The Morgan fingerprint density at radius 2 is 1.84 bits per heavy atom. The number of nitrogens with one attached hydrogen (secondary N) is 1. The summed E-state index contributed by atoms with van der Waals surface area (Å²) in [6.07, 6.45) is 0. The number of amides is 1. The van der Waals surface area contributed by atoms with E-state index in [0.29, 0.717) is 21.9 Å². The molecule has 1 N–H and O–H groups in total. The van der Waals surface area contributed by atoms with Crippen LogP contribution in [0.1, 0.15) is 40.6 Å². The Morgan fingerprint density at radius 3 is 2.47 bits per heavy atom. The summed E-state index contributed by atoms with van der Waals surface area (Å²) < 4.78 is 25.0. The molecular weight excluding hydrogens is 497 g/mol. The molecule has 8 heteroatoms. The van der Waals surface area contributed by atoms with E-state index in [9.17, 15) is 14.0 Å². The predicted octanol–water partition coefficient (Wildman–Crippen LogP) is 6.55. The van der Waals surface area contributed by atoms with Gasteiger partial charge in [-0.1, -0.05) is 41.9 Å². The fraction of sp³-hybridized carbons (Fsp3) is 0.250. The Bertz CT molecular complexity index is 1140. The van der Waals surface area contributed by atoms with Crippen molar-refractivity contribution in [3.63, 3.8) is 0 Å². The largest absolute Gasteiger partial charge is 0.483 e. The minimum Gasteiger partial charge on any atom is -0.483 e. The topological polar surface area (TPSA) is 64.6 Å². The van der Waals surface area contributed by atoms with Crippen molar-refractivity contribution in [3.8, 4) is 16.9 Å². The van der Waals surface area contributed by atoms with Gasteiger partial charge >= 0.3 is 5.97 Å². The minimum absolute atomic E-state index is 0.217. The smallest absolute Gasteiger partial charge is 0.341 e. The Hall–Kier alpha value is -2.71. The number of aryl methyl sites for hydroxylation is 1. The highest BCUT2D eigenvalue weighted by Crippen LogP contribution is 2.40. The molecule has 0 saturated carbocycles. The van der Waals surface area contributed by atoms with Crippen molar-refractivity contribution in [2.45, 2.75) is 26.7 Å². The van der Waals surface area contributed by atoms with E-state index >= 15 is 0 Å². The van der Waals surface area contributed by atoms with Gasteiger partial charge in [-0.2, -0.15) is 0 Å². The third-order valence-corrected chi connectivity index (χ3v) is 6.33. The molecule has 3 aromatic rings. The zero-order chi connectivity index (χ0) is 23.4. The Kier molecular flexibility index (Phi) is 7.69. The van der Waals surface area contributed by atoms with E-state index in [4.69, 9.17) is 9.47 Å². The van der Waals surface area contributed by atoms with Crippen molar-refractivity contribution in [1.29, 1.82) is 0 Å². The van der Waals surface area contributed by atoms with Gasteiger partial charge in [-0.15, -0.1) is 11.3 Å². The van der Waals surface area contributed by atoms with Gasteiger partial charge in [0.25, 0.3) is 5.91 Å². The number of halogens is 2. The first kappa shape index (κ1) is 23.9. The van der Waals surface area contributed by atoms with Gasteiger partial charge in [0.15, 0.2) is 6.61 Å². The lowest BCUT2D eigenvalue weighted by Gasteiger charge is -2.14. The van der Waals surface area contributed by atoms with E-state index in [0.717, 1.165) is 14.9 Å². The maximum Gasteiger partial charge on any atom is 0.341 e. The van der Waals surface area contributed by atoms with Crippen LogP contribution in [0, 0.1) is 12.7 Å². The van der Waals surface area contributed by atoms with Crippen LogP contribution in [0.15, 0.2) is 46.9 Å². The number of carbonyl (C=O) groups excluding carboxylic acids is 2. The van der Waals surface area contributed by atoms with Crippen molar-refractivity contribution in [3.05, 3.63) is 68.8 Å². The molecule has 0 aliphatic carbocycles. The normalized spacial score (nSPS) is 10.8. The maximum absolute atomic E-state index is 13.4. The molecule has 0 unspecified atom stereocenters. The van der Waals surface area contributed by atoms with Gasteiger partial charge in [0.1, 0.15) is 22.1 Å². The number of rotatable bonds is 7. The molecule has 168 valence electrons. The highest BCUT2D eigenvalue weighted by atomic mass is 79.9. The first-order valence-corrected chi connectivity index (χ1v) is 11.5. The second-order valence-corrected chi connectivity index (χ2v) is 9.55. The SMILES string of the molecule is COC(=O)c1c(NC(=O)COc2ccc(Br)cc2C(C)C)sc(C)c1-c1ccc(F)cc1. The zero-order valence-electron chi connectivity index (χ0n) is 18.1. The Labute approximate surface area is 198 Å². The molecule has 1 amide bonds. The lowest BCUT2D eigenvalue weighted by molar-refractivity contribution is -0.118. The Balaban J connectivity index is 1.84. The summed E-state index contributed by atoms with van der Waals surface area (Å²) in [4.78, 5) is 26.0. The lowest BCUT2D eigenvalue weighted by Crippen LogP contribution is -2.21. The van der Waals surface area contributed by atoms with Crippen molar-refractivity contribution in [1.82, 2.24) is 0 Å². The van der Waals surface area contributed by atoms with Gasteiger partial charge in [-0.05, 0) is 54.3 Å². The number of anilines is 1. The molecular formula is C24H23BrFNO4S. The number of carbonyl (C=O) groups is 2. The Morgan fingerprint density at radius 1 is 1.16 bits per heavy atom. The summed E-state index contributed by atoms with van der Waals surface area (Å²) in [6.45, 7) is 5.70. The summed E-state index contributed by atoms with van der Waals surface area (Å²) in [6, 6.07) is 11.5. The second-order valence-electron chi connectivity index (χ2n) is 7.41. The quantitative estimate of drug-likeness (QED) is 0.359. The van der Waals surface area contributed by atoms with E-state index in [-0.39, 0.29) is 23.9 Å². The molecule has 0 aliphatic heterocycles. The summed E-state index contributed by atoms with van der Waals surface area (Å²) in [5, 5.41) is 3.13. The molecule has 0 radical (unpaired) electrons. The van der Waals surface area contributed by atoms with E-state index in [1.54, 1.807) is 12.1 Å². The van der Waals surface area contributed by atoms with Crippen molar-refractivity contribution < 1.29 is 23.5 Å². The number of benzene rings is 2. The average Bonchev–Trinajstić information content (AvgIpc) is 3.08. The number of ether oxygens (including phenoxy) is 2. The van der Waals surface area contributed by atoms with Crippen LogP contribution >= 0.6 is 27.3 Å². The van der Waals surface area contributed by atoms with Crippen LogP contribution in [-0.2, 0) is 9.53 Å². The molecule has 3 rings (SSSR count). The first-order valence-electron chi connectivity index (χ1n) is 9.91. The average molecular weight is 520 g/mol. The van der Waals surface area contributed by atoms with Crippen LogP contribution in [0.25, 0.3) is 11.1 Å². The number of hydrogen-bond donors (Lipinski definition) is 1. The molecule has 0 atom stereocenters. The summed E-state index contributed by atoms with van der Waals surface area (Å²) in [5.74, 6) is -0.518. The fourth-order valence-electron chi connectivity index (χ4n) is 3.30. The highest BCUT2D eigenvalue weighted by molar-refractivity contribution is 9.10. The standard InChI is InChI=1S/C24H23BrFNO4S/c1-13(2)18-11-16(25)7-10-19(18)31-12-20(28)27-23-22(24(29)30-4)21(14(3)32-23)15-5-8-17(26)9-6-15/h5-11,13H,12H2,1-4H3,(H,27,28). The third-order valence-electron chi connectivity index (χ3n) is 4.81. The van der Waals surface area contributed by atoms with Crippen LogP contribution in [0.2, 0.25) is 0 Å². The molecule has 0 aliphatic rings. The van der Waals surface area contributed by atoms with Gasteiger partial charge in [0, 0.05) is 14.9 Å². The summed E-state index contributed by atoms with van der Waals surface area (Å²) >= 11 is 4.71. The molecule has 1 heterocycles. The monoisotopic (exact) mass is 519 g/mol. The third kappa shape index (κ3) is 5.37. The van der Waals surface area contributed by atoms with Gasteiger partial charge in [0.05, 0.1) is 7.11 Å². The van der Waals surface area contributed by atoms with Crippen LogP contribution in [0.4, 0.5) is 9.39 Å². The van der Waals surface area contributed by atoms with E-state index in [1.165, 1.54) is 30.6 Å². The van der Waals surface area contributed by atoms with Crippen LogP contribution < -0.4 is 10.1 Å². The molecule has 5 nitrogen and oxygen atoms in total. The van der Waals surface area contributed by atoms with Crippen molar-refractivity contribution >= 4 is 44.1 Å². The summed E-state index contributed by atoms with van der Waals surface area (Å²) in [7, 11) is 1.28.